The zero-order valence-electron chi connectivity index (χ0n) is 14.4. The molecule has 8 nitrogen and oxygen atoms in total. The molecule has 0 bridgehead atoms. The lowest BCUT2D eigenvalue weighted by Crippen LogP contribution is -2.36. The first-order chi connectivity index (χ1) is 13.7. The number of anilines is 1. The lowest BCUT2D eigenvalue weighted by atomic mass is 10.2. The second-order valence-electron chi connectivity index (χ2n) is 5.79. The van der Waals surface area contributed by atoms with Gasteiger partial charge in [-0.25, -0.2) is 0 Å². The summed E-state index contributed by atoms with van der Waals surface area (Å²) in [5, 5.41) is 13.0. The highest BCUT2D eigenvalue weighted by atomic mass is 79.9. The number of rotatable bonds is 5. The van der Waals surface area contributed by atoms with E-state index in [-0.39, 0.29) is 15.6 Å². The van der Waals surface area contributed by atoms with Gasteiger partial charge < -0.3 is 5.32 Å². The number of imide groups is 1. The molecule has 1 aliphatic heterocycles. The lowest BCUT2D eigenvalue weighted by molar-refractivity contribution is -0.384. The van der Waals surface area contributed by atoms with Crippen molar-refractivity contribution in [2.24, 2.45) is 0 Å². The van der Waals surface area contributed by atoms with E-state index in [0.717, 1.165) is 9.37 Å². The Morgan fingerprint density at radius 2 is 1.93 bits per heavy atom. The van der Waals surface area contributed by atoms with Crippen LogP contribution in [0.4, 0.5) is 16.2 Å². The molecule has 0 aromatic heterocycles. The molecule has 29 heavy (non-hydrogen) atoms. The minimum atomic E-state index is -0.649. The quantitative estimate of drug-likeness (QED) is 0.365. The number of nitrogens with one attached hydrogen (secondary N) is 1. The van der Waals surface area contributed by atoms with Crippen molar-refractivity contribution in [1.82, 2.24) is 4.90 Å². The second-order valence-corrected chi connectivity index (χ2v) is 8.11. The first-order valence-electron chi connectivity index (χ1n) is 7.99. The van der Waals surface area contributed by atoms with Gasteiger partial charge >= 0.3 is 0 Å². The average Bonchev–Trinajstić information content (AvgIpc) is 2.92. The number of hydrogen-bond donors (Lipinski definition) is 1. The number of carbonyl (C=O) groups excluding carboxylic acids is 3. The number of carbonyl (C=O) groups is 3. The van der Waals surface area contributed by atoms with Crippen LogP contribution in [0.15, 0.2) is 51.8 Å². The monoisotopic (exact) mass is 495 g/mol. The number of nitro benzene ring substituents is 1. The maximum absolute atomic E-state index is 12.5. The fourth-order valence-corrected chi connectivity index (χ4v) is 3.71. The SMILES string of the molecule is O=C(CN1C(=O)S/C(=C\c2ccc(Cl)c([N+](=O)[O-])c2)C1=O)Nc1ccc(Br)cc1. The van der Waals surface area contributed by atoms with E-state index < -0.39 is 28.5 Å². The average molecular weight is 497 g/mol. The molecule has 0 aliphatic carbocycles. The van der Waals surface area contributed by atoms with E-state index in [4.69, 9.17) is 11.6 Å². The van der Waals surface area contributed by atoms with E-state index in [0.29, 0.717) is 23.0 Å². The Labute approximate surface area is 182 Å². The number of halogens is 2. The number of nitro groups is 1. The topological polar surface area (TPSA) is 110 Å². The van der Waals surface area contributed by atoms with Gasteiger partial charge in [-0.2, -0.15) is 0 Å². The third-order valence-corrected chi connectivity index (χ3v) is 5.52. The number of nitrogens with zero attached hydrogens (tertiary/aromatic N) is 2. The molecule has 148 valence electrons. The first-order valence-corrected chi connectivity index (χ1v) is 9.98. The van der Waals surface area contributed by atoms with Gasteiger partial charge in [-0.1, -0.05) is 33.6 Å². The molecule has 1 heterocycles. The van der Waals surface area contributed by atoms with Crippen LogP contribution in [0.25, 0.3) is 6.08 Å². The summed E-state index contributed by atoms with van der Waals surface area (Å²) in [6.45, 7) is -0.446. The third kappa shape index (κ3) is 5.03. The summed E-state index contributed by atoms with van der Waals surface area (Å²) in [7, 11) is 0. The van der Waals surface area contributed by atoms with E-state index in [9.17, 15) is 24.5 Å². The Balaban J connectivity index is 1.73. The number of thioether (sulfide) groups is 1. The van der Waals surface area contributed by atoms with Crippen molar-refractivity contribution in [1.29, 1.82) is 0 Å². The molecule has 0 radical (unpaired) electrons. The van der Waals surface area contributed by atoms with Crippen LogP contribution in [-0.2, 0) is 9.59 Å². The molecule has 1 aliphatic rings. The molecular weight excluding hydrogens is 486 g/mol. The van der Waals surface area contributed by atoms with Gasteiger partial charge in [0.1, 0.15) is 11.6 Å². The molecular formula is C18H11BrClN3O5S. The zero-order valence-corrected chi connectivity index (χ0v) is 17.6. The highest BCUT2D eigenvalue weighted by molar-refractivity contribution is 9.10. The standard InChI is InChI=1S/C18H11BrClN3O5S/c19-11-2-4-12(5-3-11)21-16(24)9-22-17(25)15(29-18(22)26)8-10-1-6-13(20)14(7-10)23(27)28/h1-8H,9H2,(H,21,24)/b15-8-. The molecule has 0 unspecified atom stereocenters. The van der Waals surface area contributed by atoms with Crippen LogP contribution >= 0.6 is 39.3 Å². The van der Waals surface area contributed by atoms with E-state index in [1.165, 1.54) is 24.3 Å². The van der Waals surface area contributed by atoms with Gasteiger partial charge in [0.2, 0.25) is 5.91 Å². The minimum Gasteiger partial charge on any atom is -0.325 e. The summed E-state index contributed by atoms with van der Waals surface area (Å²) in [5.41, 5.74) is 0.550. The van der Waals surface area contributed by atoms with Crippen LogP contribution in [-0.4, -0.2) is 33.4 Å². The summed E-state index contributed by atoms with van der Waals surface area (Å²) >= 11 is 9.71. The normalized spacial score (nSPS) is 15.1. The van der Waals surface area contributed by atoms with Crippen LogP contribution in [0.2, 0.25) is 5.02 Å². The van der Waals surface area contributed by atoms with Gasteiger partial charge in [0.05, 0.1) is 9.83 Å². The maximum Gasteiger partial charge on any atom is 0.294 e. The van der Waals surface area contributed by atoms with Crippen LogP contribution in [0.1, 0.15) is 5.56 Å². The van der Waals surface area contributed by atoms with Gasteiger partial charge in [0, 0.05) is 16.2 Å². The van der Waals surface area contributed by atoms with E-state index >= 15 is 0 Å². The Morgan fingerprint density at radius 1 is 1.24 bits per heavy atom. The van der Waals surface area contributed by atoms with Crippen molar-refractivity contribution in [3.05, 3.63) is 72.5 Å². The Kier molecular flexibility index (Phi) is 6.36. The summed E-state index contributed by atoms with van der Waals surface area (Å²) in [5.74, 6) is -1.18. The summed E-state index contributed by atoms with van der Waals surface area (Å²) < 4.78 is 0.842. The van der Waals surface area contributed by atoms with Crippen molar-refractivity contribution in [3.8, 4) is 0 Å². The Bertz CT molecular complexity index is 1060. The highest BCUT2D eigenvalue weighted by Crippen LogP contribution is 2.33. The fraction of sp³-hybridized carbons (Fsp3) is 0.0556. The molecule has 2 aromatic carbocycles. The van der Waals surface area contributed by atoms with Crippen molar-refractivity contribution >= 4 is 73.8 Å². The summed E-state index contributed by atoms with van der Waals surface area (Å²) in [4.78, 5) is 48.1. The van der Waals surface area contributed by atoms with E-state index in [1.807, 2.05) is 0 Å². The van der Waals surface area contributed by atoms with Crippen molar-refractivity contribution in [3.63, 3.8) is 0 Å². The Hall–Kier alpha value is -2.69. The van der Waals surface area contributed by atoms with Gasteiger partial charge in [-0.3, -0.25) is 29.4 Å². The van der Waals surface area contributed by atoms with Gasteiger partial charge in [0.15, 0.2) is 0 Å². The fourth-order valence-electron chi connectivity index (χ4n) is 2.42. The Morgan fingerprint density at radius 3 is 2.59 bits per heavy atom. The van der Waals surface area contributed by atoms with Gasteiger partial charge in [-0.05, 0) is 53.7 Å². The molecule has 1 N–H and O–H groups in total. The van der Waals surface area contributed by atoms with Crippen molar-refractivity contribution < 1.29 is 19.3 Å². The molecule has 1 saturated heterocycles. The van der Waals surface area contributed by atoms with Gasteiger partial charge in [0.25, 0.3) is 16.8 Å². The smallest absolute Gasteiger partial charge is 0.294 e. The van der Waals surface area contributed by atoms with Crippen molar-refractivity contribution in [2.75, 3.05) is 11.9 Å². The molecule has 2 aromatic rings. The van der Waals surface area contributed by atoms with Crippen LogP contribution in [0.5, 0.6) is 0 Å². The minimum absolute atomic E-state index is 0.0372. The molecule has 1 fully saturated rings. The third-order valence-electron chi connectivity index (χ3n) is 3.77. The first kappa shape index (κ1) is 21.0. The van der Waals surface area contributed by atoms with Crippen LogP contribution < -0.4 is 5.32 Å². The highest BCUT2D eigenvalue weighted by Gasteiger charge is 2.36. The molecule has 0 spiro atoms. The maximum atomic E-state index is 12.5. The number of hydrogen-bond acceptors (Lipinski definition) is 6. The predicted octanol–water partition coefficient (Wildman–Crippen LogP) is 4.69. The second kappa shape index (κ2) is 8.76. The summed E-state index contributed by atoms with van der Waals surface area (Å²) in [6.07, 6.45) is 1.35. The molecule has 11 heteroatoms. The molecule has 0 saturated carbocycles. The van der Waals surface area contributed by atoms with Crippen molar-refractivity contribution in [2.45, 2.75) is 0 Å². The van der Waals surface area contributed by atoms with Gasteiger partial charge in [-0.15, -0.1) is 0 Å². The molecule has 0 atom stereocenters. The van der Waals surface area contributed by atoms with Crippen LogP contribution in [0, 0.1) is 10.1 Å². The zero-order chi connectivity index (χ0) is 21.1. The largest absolute Gasteiger partial charge is 0.325 e. The lowest BCUT2D eigenvalue weighted by Gasteiger charge is -2.12. The number of benzene rings is 2. The number of amides is 3. The predicted molar refractivity (Wildman–Crippen MR) is 114 cm³/mol. The molecule has 3 amide bonds. The van der Waals surface area contributed by atoms with E-state index in [1.54, 1.807) is 24.3 Å². The van der Waals surface area contributed by atoms with Crippen LogP contribution in [0.3, 0.4) is 0 Å². The van der Waals surface area contributed by atoms with E-state index in [2.05, 4.69) is 21.2 Å². The molecule has 3 rings (SSSR count). The summed E-state index contributed by atoms with van der Waals surface area (Å²) in [6, 6.07) is 10.8.